The minimum absolute atomic E-state index is 0.128. The summed E-state index contributed by atoms with van der Waals surface area (Å²) in [5.74, 6) is -0.288. The molecular formula is C17H25FN2O2. The molecule has 1 aliphatic rings. The molecule has 5 heteroatoms. The van der Waals surface area contributed by atoms with Gasteiger partial charge in [0.05, 0.1) is 5.69 Å². The number of benzene rings is 1. The number of hydrogen-bond acceptors (Lipinski definition) is 3. The van der Waals surface area contributed by atoms with Crippen LogP contribution in [-0.2, 0) is 5.41 Å². The smallest absolute Gasteiger partial charge is 0.410 e. The summed E-state index contributed by atoms with van der Waals surface area (Å²) in [5, 5.41) is 0. The maximum atomic E-state index is 14.1. The van der Waals surface area contributed by atoms with Gasteiger partial charge in [0.1, 0.15) is 11.6 Å². The van der Waals surface area contributed by atoms with Crippen LogP contribution >= 0.6 is 0 Å². The summed E-state index contributed by atoms with van der Waals surface area (Å²) in [6.45, 7) is 9.09. The van der Waals surface area contributed by atoms with Crippen LogP contribution in [0.15, 0.2) is 6.07 Å². The Hall–Kier alpha value is -1.78. The summed E-state index contributed by atoms with van der Waals surface area (Å²) >= 11 is 0. The van der Waals surface area contributed by atoms with E-state index in [9.17, 15) is 9.18 Å². The summed E-state index contributed by atoms with van der Waals surface area (Å²) in [6.07, 6.45) is 2.69. The Balaban J connectivity index is 2.31. The minimum atomic E-state index is -0.544. The van der Waals surface area contributed by atoms with Crippen molar-refractivity contribution in [3.8, 4) is 5.75 Å². The average Bonchev–Trinajstić information content (AvgIpc) is 2.44. The molecule has 122 valence electrons. The number of amides is 1. The van der Waals surface area contributed by atoms with Gasteiger partial charge in [0, 0.05) is 19.2 Å². The molecule has 0 unspecified atom stereocenters. The van der Waals surface area contributed by atoms with Gasteiger partial charge in [0.2, 0.25) is 0 Å². The third kappa shape index (κ3) is 3.34. The van der Waals surface area contributed by atoms with Gasteiger partial charge in [-0.3, -0.25) is 0 Å². The largest absolute Gasteiger partial charge is 0.415 e. The Kier molecular flexibility index (Phi) is 4.63. The van der Waals surface area contributed by atoms with Gasteiger partial charge in [-0.2, -0.15) is 0 Å². The van der Waals surface area contributed by atoms with E-state index in [1.807, 2.05) is 27.7 Å². The van der Waals surface area contributed by atoms with E-state index in [-0.39, 0.29) is 16.9 Å². The van der Waals surface area contributed by atoms with Gasteiger partial charge in [0.25, 0.3) is 0 Å². The quantitative estimate of drug-likeness (QED) is 0.798. The van der Waals surface area contributed by atoms with Crippen LogP contribution in [0.5, 0.6) is 5.75 Å². The Morgan fingerprint density at radius 1 is 1.27 bits per heavy atom. The first-order chi connectivity index (χ1) is 10.2. The number of anilines is 1. The lowest BCUT2D eigenvalue weighted by atomic mass is 9.82. The highest BCUT2D eigenvalue weighted by Gasteiger charge is 2.26. The number of halogens is 1. The standard InChI is InChI=1S/C17H25FN2O2/c1-11-13(22-16(21)20-8-6-5-7-9-20)10-12(18)15(19)14(11)17(2,3)4/h10H,5-9,19H2,1-4H3. The van der Waals surface area contributed by atoms with Crippen molar-refractivity contribution >= 4 is 11.8 Å². The normalized spacial score (nSPS) is 15.8. The highest BCUT2D eigenvalue weighted by atomic mass is 19.1. The number of likely N-dealkylation sites (tertiary alicyclic amines) is 1. The summed E-state index contributed by atoms with van der Waals surface area (Å²) in [7, 11) is 0. The van der Waals surface area contributed by atoms with Gasteiger partial charge in [-0.15, -0.1) is 0 Å². The Morgan fingerprint density at radius 2 is 1.86 bits per heavy atom. The van der Waals surface area contributed by atoms with Crippen LogP contribution in [0.25, 0.3) is 0 Å². The molecule has 0 saturated carbocycles. The fourth-order valence-electron chi connectivity index (χ4n) is 3.05. The van der Waals surface area contributed by atoms with Crippen molar-refractivity contribution in [2.24, 2.45) is 0 Å². The molecule has 0 aromatic heterocycles. The molecule has 0 aliphatic carbocycles. The summed E-state index contributed by atoms with van der Waals surface area (Å²) in [4.78, 5) is 13.9. The maximum absolute atomic E-state index is 14.1. The number of nitrogen functional groups attached to an aromatic ring is 1. The Labute approximate surface area is 131 Å². The topological polar surface area (TPSA) is 55.6 Å². The van der Waals surface area contributed by atoms with Crippen LogP contribution in [0.2, 0.25) is 0 Å². The van der Waals surface area contributed by atoms with Gasteiger partial charge in [-0.1, -0.05) is 20.8 Å². The molecule has 0 spiro atoms. The van der Waals surface area contributed by atoms with E-state index in [1.165, 1.54) is 6.07 Å². The Morgan fingerprint density at radius 3 is 2.41 bits per heavy atom. The number of carbonyl (C=O) groups excluding carboxylic acids is 1. The van der Waals surface area contributed by atoms with Crippen LogP contribution in [0.3, 0.4) is 0 Å². The molecule has 1 aromatic rings. The molecule has 2 N–H and O–H groups in total. The number of carbonyl (C=O) groups is 1. The van der Waals surface area contributed by atoms with E-state index in [2.05, 4.69) is 0 Å². The van der Waals surface area contributed by atoms with Crippen molar-refractivity contribution < 1.29 is 13.9 Å². The van der Waals surface area contributed by atoms with E-state index >= 15 is 0 Å². The lowest BCUT2D eigenvalue weighted by Gasteiger charge is -2.28. The highest BCUT2D eigenvalue weighted by molar-refractivity contribution is 5.72. The molecule has 0 bridgehead atoms. The molecule has 0 radical (unpaired) electrons. The van der Waals surface area contributed by atoms with Crippen LogP contribution in [-0.4, -0.2) is 24.1 Å². The highest BCUT2D eigenvalue weighted by Crippen LogP contribution is 2.37. The maximum Gasteiger partial charge on any atom is 0.415 e. The fraction of sp³-hybridized carbons (Fsp3) is 0.588. The van der Waals surface area contributed by atoms with E-state index < -0.39 is 11.9 Å². The zero-order valence-electron chi connectivity index (χ0n) is 13.8. The van der Waals surface area contributed by atoms with Gasteiger partial charge < -0.3 is 15.4 Å². The molecule has 1 saturated heterocycles. The molecule has 4 nitrogen and oxygen atoms in total. The van der Waals surface area contributed by atoms with Crippen LogP contribution in [0.4, 0.5) is 14.9 Å². The summed E-state index contributed by atoms with van der Waals surface area (Å²) in [6, 6.07) is 1.21. The van der Waals surface area contributed by atoms with Crippen molar-refractivity contribution in [2.45, 2.75) is 52.4 Å². The first kappa shape index (κ1) is 16.6. The number of rotatable bonds is 1. The van der Waals surface area contributed by atoms with E-state index in [4.69, 9.17) is 10.5 Å². The zero-order valence-corrected chi connectivity index (χ0v) is 13.8. The van der Waals surface area contributed by atoms with E-state index in [0.29, 0.717) is 18.7 Å². The van der Waals surface area contributed by atoms with Crippen molar-refractivity contribution in [1.29, 1.82) is 0 Å². The summed E-state index contributed by atoms with van der Waals surface area (Å²) in [5.41, 5.74) is 7.09. The second kappa shape index (κ2) is 6.15. The molecule has 1 fully saturated rings. The first-order valence-corrected chi connectivity index (χ1v) is 7.77. The molecule has 1 aliphatic heterocycles. The number of nitrogens with two attached hydrogens (primary N) is 1. The zero-order chi connectivity index (χ0) is 16.5. The number of nitrogens with zero attached hydrogens (tertiary/aromatic N) is 1. The van der Waals surface area contributed by atoms with E-state index in [1.54, 1.807) is 4.90 Å². The molecule has 1 heterocycles. The van der Waals surface area contributed by atoms with Crippen molar-refractivity contribution in [3.63, 3.8) is 0 Å². The number of hydrogen-bond donors (Lipinski definition) is 1. The number of ether oxygens (including phenoxy) is 1. The second-order valence-corrected chi connectivity index (χ2v) is 6.94. The van der Waals surface area contributed by atoms with Crippen LogP contribution in [0, 0.1) is 12.7 Å². The van der Waals surface area contributed by atoms with Crippen molar-refractivity contribution in [2.75, 3.05) is 18.8 Å². The predicted octanol–water partition coefficient (Wildman–Crippen LogP) is 4.00. The molecule has 0 atom stereocenters. The summed E-state index contributed by atoms with van der Waals surface area (Å²) < 4.78 is 19.6. The fourth-order valence-corrected chi connectivity index (χ4v) is 3.05. The minimum Gasteiger partial charge on any atom is -0.410 e. The van der Waals surface area contributed by atoms with Crippen LogP contribution < -0.4 is 10.5 Å². The molecule has 22 heavy (non-hydrogen) atoms. The molecule has 1 amide bonds. The van der Waals surface area contributed by atoms with Crippen molar-refractivity contribution in [3.05, 3.63) is 23.0 Å². The molecule has 2 rings (SSSR count). The van der Waals surface area contributed by atoms with Gasteiger partial charge >= 0.3 is 6.09 Å². The third-order valence-electron chi connectivity index (χ3n) is 4.09. The second-order valence-electron chi connectivity index (χ2n) is 6.94. The van der Waals surface area contributed by atoms with E-state index in [0.717, 1.165) is 24.8 Å². The monoisotopic (exact) mass is 308 g/mol. The first-order valence-electron chi connectivity index (χ1n) is 7.77. The predicted molar refractivity (Wildman–Crippen MR) is 85.7 cm³/mol. The van der Waals surface area contributed by atoms with Gasteiger partial charge in [-0.05, 0) is 42.7 Å². The van der Waals surface area contributed by atoms with Gasteiger partial charge in [0.15, 0.2) is 0 Å². The lowest BCUT2D eigenvalue weighted by molar-refractivity contribution is 0.142. The lowest BCUT2D eigenvalue weighted by Crippen LogP contribution is -2.37. The molecular weight excluding hydrogens is 283 g/mol. The van der Waals surface area contributed by atoms with Crippen LogP contribution in [0.1, 0.15) is 51.2 Å². The average molecular weight is 308 g/mol. The SMILES string of the molecule is Cc1c(OC(=O)N2CCCCC2)cc(F)c(N)c1C(C)(C)C. The number of piperidine rings is 1. The molecule has 1 aromatic carbocycles. The Bertz CT molecular complexity index is 573. The van der Waals surface area contributed by atoms with Crippen molar-refractivity contribution in [1.82, 2.24) is 4.90 Å². The third-order valence-corrected chi connectivity index (χ3v) is 4.09. The van der Waals surface area contributed by atoms with Gasteiger partial charge in [-0.25, -0.2) is 9.18 Å².